The Morgan fingerprint density at radius 2 is 2.50 bits per heavy atom. The SMILES string of the molecule is CCn1nc(C(=O)O)cc1CCl. The van der Waals surface area contributed by atoms with E-state index in [1.165, 1.54) is 6.07 Å². The van der Waals surface area contributed by atoms with E-state index in [4.69, 9.17) is 16.7 Å². The quantitative estimate of drug-likeness (QED) is 0.729. The number of nitrogens with zero attached hydrogens (tertiary/aromatic N) is 2. The van der Waals surface area contributed by atoms with E-state index < -0.39 is 5.97 Å². The molecule has 0 saturated carbocycles. The molecule has 0 aliphatic carbocycles. The van der Waals surface area contributed by atoms with Crippen LogP contribution in [-0.2, 0) is 12.4 Å². The van der Waals surface area contributed by atoms with Gasteiger partial charge in [0.25, 0.3) is 0 Å². The summed E-state index contributed by atoms with van der Waals surface area (Å²) in [6.45, 7) is 2.52. The molecule has 1 rings (SSSR count). The number of alkyl halides is 1. The van der Waals surface area contributed by atoms with Gasteiger partial charge in [0, 0.05) is 6.54 Å². The minimum Gasteiger partial charge on any atom is -0.476 e. The summed E-state index contributed by atoms with van der Waals surface area (Å²) in [5.41, 5.74) is 0.782. The normalized spacial score (nSPS) is 10.2. The Morgan fingerprint density at radius 1 is 1.83 bits per heavy atom. The van der Waals surface area contributed by atoms with Gasteiger partial charge in [-0.2, -0.15) is 5.10 Å². The molecule has 1 aromatic rings. The fourth-order valence-corrected chi connectivity index (χ4v) is 1.16. The molecule has 0 aliphatic rings. The number of hydrogen-bond acceptors (Lipinski definition) is 2. The van der Waals surface area contributed by atoms with E-state index in [-0.39, 0.29) is 11.6 Å². The Labute approximate surface area is 74.8 Å². The van der Waals surface area contributed by atoms with Gasteiger partial charge in [0.2, 0.25) is 0 Å². The summed E-state index contributed by atoms with van der Waals surface area (Å²) < 4.78 is 1.58. The van der Waals surface area contributed by atoms with E-state index in [1.807, 2.05) is 6.92 Å². The van der Waals surface area contributed by atoms with Crippen molar-refractivity contribution in [2.24, 2.45) is 0 Å². The summed E-state index contributed by atoms with van der Waals surface area (Å²) in [4.78, 5) is 10.5. The Balaban J connectivity index is 3.05. The summed E-state index contributed by atoms with van der Waals surface area (Å²) >= 11 is 5.58. The third-order valence-electron chi connectivity index (χ3n) is 1.52. The molecule has 4 nitrogen and oxygen atoms in total. The average molecular weight is 189 g/mol. The van der Waals surface area contributed by atoms with Gasteiger partial charge < -0.3 is 5.11 Å². The molecule has 0 aromatic carbocycles. The van der Waals surface area contributed by atoms with Crippen LogP contribution in [0.5, 0.6) is 0 Å². The second-order valence-corrected chi connectivity index (χ2v) is 2.54. The zero-order valence-corrected chi connectivity index (χ0v) is 7.38. The lowest BCUT2D eigenvalue weighted by Gasteiger charge is -1.97. The van der Waals surface area contributed by atoms with Crippen LogP contribution in [0.2, 0.25) is 0 Å². The zero-order chi connectivity index (χ0) is 9.14. The number of carboxylic acids is 1. The summed E-state index contributed by atoms with van der Waals surface area (Å²) in [6.07, 6.45) is 0. The first-order valence-corrected chi connectivity index (χ1v) is 4.08. The number of halogens is 1. The molecule has 0 spiro atoms. The molecular formula is C7H9ClN2O2. The fraction of sp³-hybridized carbons (Fsp3) is 0.429. The van der Waals surface area contributed by atoms with Crippen molar-refractivity contribution < 1.29 is 9.90 Å². The second-order valence-electron chi connectivity index (χ2n) is 2.28. The van der Waals surface area contributed by atoms with Gasteiger partial charge in [-0.1, -0.05) is 0 Å². The minimum atomic E-state index is -1.02. The van der Waals surface area contributed by atoms with Crippen LogP contribution in [0.25, 0.3) is 0 Å². The minimum absolute atomic E-state index is 0.0486. The number of aromatic nitrogens is 2. The molecule has 66 valence electrons. The van der Waals surface area contributed by atoms with Crippen molar-refractivity contribution in [3.8, 4) is 0 Å². The van der Waals surface area contributed by atoms with E-state index in [2.05, 4.69) is 5.10 Å². The van der Waals surface area contributed by atoms with Crippen molar-refractivity contribution in [3.05, 3.63) is 17.5 Å². The number of aryl methyl sites for hydroxylation is 1. The van der Waals surface area contributed by atoms with E-state index >= 15 is 0 Å². The van der Waals surface area contributed by atoms with Crippen LogP contribution in [0, 0.1) is 0 Å². The van der Waals surface area contributed by atoms with Crippen LogP contribution >= 0.6 is 11.6 Å². The van der Waals surface area contributed by atoms with Crippen LogP contribution in [0.3, 0.4) is 0 Å². The first-order valence-electron chi connectivity index (χ1n) is 3.55. The van der Waals surface area contributed by atoms with Crippen molar-refractivity contribution in [2.45, 2.75) is 19.3 Å². The number of carbonyl (C=O) groups is 1. The predicted octanol–water partition coefficient (Wildman–Crippen LogP) is 1.34. The van der Waals surface area contributed by atoms with Crippen LogP contribution in [-0.4, -0.2) is 20.9 Å². The van der Waals surface area contributed by atoms with Gasteiger partial charge >= 0.3 is 5.97 Å². The van der Waals surface area contributed by atoms with Crippen molar-refractivity contribution in [1.82, 2.24) is 9.78 Å². The molecule has 5 heteroatoms. The molecule has 0 aliphatic heterocycles. The number of hydrogen-bond donors (Lipinski definition) is 1. The second kappa shape index (κ2) is 3.58. The molecular weight excluding hydrogens is 180 g/mol. The highest BCUT2D eigenvalue weighted by Crippen LogP contribution is 2.07. The van der Waals surface area contributed by atoms with Gasteiger partial charge in [-0.05, 0) is 13.0 Å². The lowest BCUT2D eigenvalue weighted by Crippen LogP contribution is -2.03. The number of aromatic carboxylic acids is 1. The maximum absolute atomic E-state index is 10.5. The maximum Gasteiger partial charge on any atom is 0.356 e. The predicted molar refractivity (Wildman–Crippen MR) is 44.4 cm³/mol. The van der Waals surface area contributed by atoms with Gasteiger partial charge in [-0.3, -0.25) is 4.68 Å². The number of rotatable bonds is 3. The Morgan fingerprint density at radius 3 is 2.83 bits per heavy atom. The van der Waals surface area contributed by atoms with Gasteiger partial charge in [0.1, 0.15) is 0 Å². The van der Waals surface area contributed by atoms with Crippen LogP contribution in [0.1, 0.15) is 23.1 Å². The molecule has 1 heterocycles. The van der Waals surface area contributed by atoms with E-state index in [0.29, 0.717) is 6.54 Å². The third-order valence-corrected chi connectivity index (χ3v) is 1.79. The monoisotopic (exact) mass is 188 g/mol. The summed E-state index contributed by atoms with van der Waals surface area (Å²) in [7, 11) is 0. The molecule has 1 aromatic heterocycles. The Hall–Kier alpha value is -1.03. The largest absolute Gasteiger partial charge is 0.476 e. The fourth-order valence-electron chi connectivity index (χ4n) is 0.941. The Bertz CT molecular complexity index is 274. The zero-order valence-electron chi connectivity index (χ0n) is 6.62. The summed E-state index contributed by atoms with van der Waals surface area (Å²) in [5, 5.41) is 12.4. The van der Waals surface area contributed by atoms with Crippen molar-refractivity contribution in [1.29, 1.82) is 0 Å². The molecule has 12 heavy (non-hydrogen) atoms. The lowest BCUT2D eigenvalue weighted by molar-refractivity contribution is 0.0689. The molecule has 0 atom stereocenters. The van der Waals surface area contributed by atoms with Crippen LogP contribution in [0.15, 0.2) is 6.07 Å². The molecule has 0 amide bonds. The van der Waals surface area contributed by atoms with Gasteiger partial charge in [-0.15, -0.1) is 11.6 Å². The Kier molecular flexibility index (Phi) is 2.70. The highest BCUT2D eigenvalue weighted by Gasteiger charge is 2.10. The van der Waals surface area contributed by atoms with E-state index in [0.717, 1.165) is 5.69 Å². The van der Waals surface area contributed by atoms with E-state index in [1.54, 1.807) is 4.68 Å². The first kappa shape index (κ1) is 9.06. The van der Waals surface area contributed by atoms with Gasteiger partial charge in [0.05, 0.1) is 11.6 Å². The lowest BCUT2D eigenvalue weighted by atomic mass is 10.4. The average Bonchev–Trinajstić information content (AvgIpc) is 2.46. The third kappa shape index (κ3) is 1.58. The van der Waals surface area contributed by atoms with Crippen LogP contribution in [0.4, 0.5) is 0 Å². The van der Waals surface area contributed by atoms with Gasteiger partial charge in [0.15, 0.2) is 5.69 Å². The molecule has 0 fully saturated rings. The summed E-state index contributed by atoms with van der Waals surface area (Å²) in [5.74, 6) is -0.734. The number of carboxylic acid groups (broad SMARTS) is 1. The van der Waals surface area contributed by atoms with Crippen molar-refractivity contribution in [3.63, 3.8) is 0 Å². The smallest absolute Gasteiger partial charge is 0.356 e. The molecule has 0 bridgehead atoms. The highest BCUT2D eigenvalue weighted by atomic mass is 35.5. The molecule has 0 radical (unpaired) electrons. The molecule has 0 saturated heterocycles. The first-order chi connectivity index (χ1) is 5.69. The maximum atomic E-state index is 10.5. The summed E-state index contributed by atoms with van der Waals surface area (Å²) in [6, 6.07) is 1.48. The van der Waals surface area contributed by atoms with E-state index in [9.17, 15) is 4.79 Å². The topological polar surface area (TPSA) is 55.1 Å². The highest BCUT2D eigenvalue weighted by molar-refractivity contribution is 6.17. The van der Waals surface area contributed by atoms with Gasteiger partial charge in [-0.25, -0.2) is 4.79 Å². The molecule has 1 N–H and O–H groups in total. The van der Waals surface area contributed by atoms with Crippen LogP contribution < -0.4 is 0 Å². The van der Waals surface area contributed by atoms with Crippen molar-refractivity contribution in [2.75, 3.05) is 0 Å². The molecule has 0 unspecified atom stereocenters. The van der Waals surface area contributed by atoms with Crippen molar-refractivity contribution >= 4 is 17.6 Å². The standard InChI is InChI=1S/C7H9ClN2O2/c1-2-10-5(4-8)3-6(9-10)7(11)12/h3H,2,4H2,1H3,(H,11,12).